The van der Waals surface area contributed by atoms with E-state index in [0.717, 1.165) is 61.2 Å². The lowest BCUT2D eigenvalue weighted by Gasteiger charge is -2.27. The van der Waals surface area contributed by atoms with Crippen LogP contribution in [-0.4, -0.2) is 4.57 Å². The topological polar surface area (TPSA) is 21.3 Å². The summed E-state index contributed by atoms with van der Waals surface area (Å²) in [4.78, 5) is 2.37. The standard InChI is InChI=1S/C52H34N2O/c1-2-13-35(14-3-1)38-16-10-18-41(33-38)53(49-25-12-26-50-51(49)46-32-29-37-15-4-5-20-43(37)52(46)55-50)40-30-27-36(28-31-40)39-17-11-19-42(34-39)54-47-23-8-6-21-44(47)45-22-7-9-24-48(45)54/h1-34H. The Balaban J connectivity index is 1.06. The molecule has 0 radical (unpaired) electrons. The Morgan fingerprint density at radius 3 is 1.78 bits per heavy atom. The van der Waals surface area contributed by atoms with E-state index in [0.29, 0.717) is 0 Å². The van der Waals surface area contributed by atoms with Crippen LogP contribution in [0.25, 0.3) is 82.5 Å². The molecule has 3 nitrogen and oxygen atoms in total. The van der Waals surface area contributed by atoms with Crippen LogP contribution < -0.4 is 4.90 Å². The van der Waals surface area contributed by atoms with E-state index in [9.17, 15) is 0 Å². The summed E-state index contributed by atoms with van der Waals surface area (Å²) in [5.74, 6) is 0. The summed E-state index contributed by atoms with van der Waals surface area (Å²) in [7, 11) is 0. The molecule has 0 atom stereocenters. The van der Waals surface area contributed by atoms with E-state index < -0.39 is 0 Å². The van der Waals surface area contributed by atoms with Gasteiger partial charge in [-0.25, -0.2) is 0 Å². The molecule has 258 valence electrons. The molecule has 2 heterocycles. The number of nitrogens with zero attached hydrogens (tertiary/aromatic N) is 2. The number of hydrogen-bond donors (Lipinski definition) is 0. The molecule has 11 rings (SSSR count). The number of aromatic nitrogens is 1. The minimum absolute atomic E-state index is 0.867. The van der Waals surface area contributed by atoms with Crippen LogP contribution >= 0.6 is 0 Å². The highest BCUT2D eigenvalue weighted by Crippen LogP contribution is 2.45. The van der Waals surface area contributed by atoms with Gasteiger partial charge in [-0.1, -0.05) is 140 Å². The molecule has 0 aliphatic carbocycles. The van der Waals surface area contributed by atoms with Crippen molar-refractivity contribution in [3.8, 4) is 27.9 Å². The third-order valence-corrected chi connectivity index (χ3v) is 11.0. The molecule has 0 bridgehead atoms. The van der Waals surface area contributed by atoms with Crippen LogP contribution in [0.15, 0.2) is 211 Å². The second-order valence-electron chi connectivity index (χ2n) is 14.1. The SMILES string of the molecule is c1ccc(-c2cccc(N(c3ccc(-c4cccc(-n5c6ccccc6c6ccccc65)c4)cc3)c3cccc4oc5c6ccccc6ccc5c34)c2)cc1. The van der Waals surface area contributed by atoms with Crippen molar-refractivity contribution in [2.45, 2.75) is 0 Å². The van der Waals surface area contributed by atoms with Crippen LogP contribution in [0.5, 0.6) is 0 Å². The van der Waals surface area contributed by atoms with Gasteiger partial charge < -0.3 is 13.9 Å². The van der Waals surface area contributed by atoms with Crippen LogP contribution in [0.1, 0.15) is 0 Å². The second kappa shape index (κ2) is 12.6. The van der Waals surface area contributed by atoms with Crippen LogP contribution in [0, 0.1) is 0 Å². The first-order chi connectivity index (χ1) is 27.3. The number of hydrogen-bond acceptors (Lipinski definition) is 2. The summed E-state index contributed by atoms with van der Waals surface area (Å²) < 4.78 is 9.04. The summed E-state index contributed by atoms with van der Waals surface area (Å²) in [6.07, 6.45) is 0. The van der Waals surface area contributed by atoms with Gasteiger partial charge in [-0.3, -0.25) is 0 Å². The number of anilines is 3. The van der Waals surface area contributed by atoms with Crippen molar-refractivity contribution in [3.63, 3.8) is 0 Å². The summed E-state index contributed by atoms with van der Waals surface area (Å²) in [5, 5.41) is 7.01. The van der Waals surface area contributed by atoms with Crippen molar-refractivity contribution in [1.29, 1.82) is 0 Å². The van der Waals surface area contributed by atoms with Crippen LogP contribution in [0.2, 0.25) is 0 Å². The molecule has 0 spiro atoms. The van der Waals surface area contributed by atoms with Gasteiger partial charge in [-0.15, -0.1) is 0 Å². The minimum atomic E-state index is 0.867. The van der Waals surface area contributed by atoms with Crippen molar-refractivity contribution in [2.75, 3.05) is 4.90 Å². The molecule has 11 aromatic rings. The van der Waals surface area contributed by atoms with Crippen molar-refractivity contribution < 1.29 is 4.42 Å². The summed E-state index contributed by atoms with van der Waals surface area (Å²) in [6.45, 7) is 0. The number of fused-ring (bicyclic) bond motifs is 8. The average Bonchev–Trinajstić information content (AvgIpc) is 3.81. The zero-order chi connectivity index (χ0) is 36.3. The van der Waals surface area contributed by atoms with Gasteiger partial charge in [0.05, 0.1) is 22.1 Å². The van der Waals surface area contributed by atoms with Crippen LogP contribution in [-0.2, 0) is 0 Å². The molecule has 0 unspecified atom stereocenters. The van der Waals surface area contributed by atoms with Crippen LogP contribution in [0.3, 0.4) is 0 Å². The predicted molar refractivity (Wildman–Crippen MR) is 231 cm³/mol. The van der Waals surface area contributed by atoms with Crippen molar-refractivity contribution in [2.24, 2.45) is 0 Å². The smallest absolute Gasteiger partial charge is 0.143 e. The van der Waals surface area contributed by atoms with Crippen molar-refractivity contribution in [3.05, 3.63) is 206 Å². The van der Waals surface area contributed by atoms with E-state index in [4.69, 9.17) is 4.42 Å². The fourth-order valence-electron chi connectivity index (χ4n) is 8.43. The zero-order valence-electron chi connectivity index (χ0n) is 29.9. The molecule has 0 amide bonds. The van der Waals surface area contributed by atoms with Gasteiger partial charge in [0.2, 0.25) is 0 Å². The van der Waals surface area contributed by atoms with Crippen molar-refractivity contribution >= 4 is 71.6 Å². The van der Waals surface area contributed by atoms with Gasteiger partial charge in [0, 0.05) is 38.6 Å². The fraction of sp³-hybridized carbons (Fsp3) is 0. The lowest BCUT2D eigenvalue weighted by atomic mass is 10.0. The molecule has 0 aliphatic rings. The summed E-state index contributed by atoms with van der Waals surface area (Å²) >= 11 is 0. The maximum absolute atomic E-state index is 6.66. The Morgan fingerprint density at radius 1 is 0.382 bits per heavy atom. The Hall–Kier alpha value is -7.36. The molecule has 0 N–H and O–H groups in total. The Kier molecular flexibility index (Phi) is 7.17. The highest BCUT2D eigenvalue weighted by Gasteiger charge is 2.21. The summed E-state index contributed by atoms with van der Waals surface area (Å²) in [6, 6.07) is 73.9. The van der Waals surface area contributed by atoms with Gasteiger partial charge in [0.1, 0.15) is 11.2 Å². The van der Waals surface area contributed by atoms with E-state index in [1.165, 1.54) is 38.3 Å². The molecule has 9 aromatic carbocycles. The molecule has 2 aromatic heterocycles. The first-order valence-corrected chi connectivity index (χ1v) is 18.8. The molecular weight excluding hydrogens is 669 g/mol. The quantitative estimate of drug-likeness (QED) is 0.172. The van der Waals surface area contributed by atoms with Gasteiger partial charge in [-0.2, -0.15) is 0 Å². The number of furan rings is 1. The summed E-state index contributed by atoms with van der Waals surface area (Å²) in [5.41, 5.74) is 13.2. The lowest BCUT2D eigenvalue weighted by molar-refractivity contribution is 0.672. The fourth-order valence-corrected chi connectivity index (χ4v) is 8.43. The van der Waals surface area contributed by atoms with E-state index in [1.807, 2.05) is 0 Å². The van der Waals surface area contributed by atoms with Gasteiger partial charge in [0.15, 0.2) is 0 Å². The second-order valence-corrected chi connectivity index (χ2v) is 14.1. The minimum Gasteiger partial charge on any atom is -0.455 e. The highest BCUT2D eigenvalue weighted by atomic mass is 16.3. The Bertz CT molecular complexity index is 3150. The van der Waals surface area contributed by atoms with Crippen LogP contribution in [0.4, 0.5) is 17.1 Å². The number of benzene rings is 9. The number of para-hydroxylation sites is 2. The molecule has 0 aliphatic heterocycles. The van der Waals surface area contributed by atoms with E-state index >= 15 is 0 Å². The maximum atomic E-state index is 6.66. The molecule has 0 fully saturated rings. The Labute approximate surface area is 318 Å². The molecule has 0 saturated carbocycles. The maximum Gasteiger partial charge on any atom is 0.143 e. The Morgan fingerprint density at radius 2 is 1.00 bits per heavy atom. The molecule has 55 heavy (non-hydrogen) atoms. The van der Waals surface area contributed by atoms with Gasteiger partial charge in [-0.05, 0) is 94.4 Å². The molecular formula is C52H34N2O. The van der Waals surface area contributed by atoms with Crippen molar-refractivity contribution in [1.82, 2.24) is 4.57 Å². The first kappa shape index (κ1) is 31.2. The number of rotatable bonds is 6. The van der Waals surface area contributed by atoms with E-state index in [2.05, 4.69) is 216 Å². The third-order valence-electron chi connectivity index (χ3n) is 11.0. The van der Waals surface area contributed by atoms with Gasteiger partial charge in [0.25, 0.3) is 0 Å². The van der Waals surface area contributed by atoms with Gasteiger partial charge >= 0.3 is 0 Å². The normalized spacial score (nSPS) is 11.6. The zero-order valence-corrected chi connectivity index (χ0v) is 29.9. The first-order valence-electron chi connectivity index (χ1n) is 18.8. The monoisotopic (exact) mass is 702 g/mol. The predicted octanol–water partition coefficient (Wildman–Crippen LogP) is 14.6. The average molecular weight is 703 g/mol. The van der Waals surface area contributed by atoms with E-state index in [-0.39, 0.29) is 0 Å². The third kappa shape index (κ3) is 5.13. The lowest BCUT2D eigenvalue weighted by Crippen LogP contribution is -2.10. The largest absolute Gasteiger partial charge is 0.455 e. The highest BCUT2D eigenvalue weighted by molar-refractivity contribution is 6.19. The molecule has 0 saturated heterocycles. The van der Waals surface area contributed by atoms with E-state index in [1.54, 1.807) is 0 Å². The molecule has 3 heteroatoms.